The van der Waals surface area contributed by atoms with Gasteiger partial charge in [-0.05, 0) is 313 Å². The van der Waals surface area contributed by atoms with Crippen molar-refractivity contribution in [3.05, 3.63) is 527 Å². The Morgan fingerprint density at radius 1 is 0.121 bits per heavy atom. The molecule has 0 saturated heterocycles. The van der Waals surface area contributed by atoms with Crippen LogP contribution in [0.5, 0.6) is 0 Å². The molecule has 0 radical (unpaired) electrons. The fourth-order valence-corrected chi connectivity index (χ4v) is 20.0. The average molecular weight is 1690 g/mol. The first kappa shape index (κ1) is 81.2. The Hall–Kier alpha value is -16.6. The van der Waals surface area contributed by atoms with E-state index in [1.807, 2.05) is 0 Å². The van der Waals surface area contributed by atoms with Gasteiger partial charge in [-0.3, -0.25) is 15.0 Å². The highest BCUT2D eigenvalue weighted by molar-refractivity contribution is 5.89. The van der Waals surface area contributed by atoms with Gasteiger partial charge in [0.15, 0.2) is 0 Å². The summed E-state index contributed by atoms with van der Waals surface area (Å²) in [5.74, 6) is 0.551. The summed E-state index contributed by atoms with van der Waals surface area (Å²) in [6, 6.07) is 180. The molecule has 1 saturated carbocycles. The summed E-state index contributed by atoms with van der Waals surface area (Å²) in [6.07, 6.45) is 9.19. The lowest BCUT2D eigenvalue weighted by Gasteiger charge is -2.38. The van der Waals surface area contributed by atoms with Crippen LogP contribution in [0, 0.1) is 0 Å². The van der Waals surface area contributed by atoms with Gasteiger partial charge in [-0.25, -0.2) is 0 Å². The van der Waals surface area contributed by atoms with Crippen molar-refractivity contribution < 1.29 is 0 Å². The molecule has 1 aliphatic rings. The highest BCUT2D eigenvalue weighted by atomic mass is 14.7. The molecule has 0 aliphatic heterocycles. The van der Waals surface area contributed by atoms with Crippen molar-refractivity contribution >= 4 is 0 Å². The zero-order chi connectivity index (χ0) is 87.9. The minimum atomic E-state index is 0.184. The molecule has 624 valence electrons. The number of pyridine rings is 3. The van der Waals surface area contributed by atoms with Crippen molar-refractivity contribution in [2.75, 3.05) is 0 Å². The molecule has 21 aromatic rings. The SMILES string of the molecule is c1ccc(-c2cc(-c3ccccc3)cc(-c3cccc(-c4cccc(-c5ccc(-c6ccccc6C6CC(c7ccccc7-c7ccc(-c8cccc(-c9cccc(-c%10cc(-c%11ccccc%11)cc(-c%11ccccc%11)c%10)c9)c8)nc7)CC(c7ccccc7-c7ccc(-c8cccc(-c9cccc(-c%10cc(-c%11ccccc%11)cc(-c%11ccccc%11)c%10)c9)c8)nc7)C6)cn5)c4)c3)c2)cc1. The molecule has 1 fully saturated rings. The third-order valence-corrected chi connectivity index (χ3v) is 26.6. The van der Waals surface area contributed by atoms with Crippen molar-refractivity contribution in [3.8, 4) is 201 Å². The Bertz CT molecular complexity index is 6770. The standard InChI is InChI=1S/C129H93N3/c1-7-31-88(32-8-1)109-73-110(89-33-9-2-10-34-89)77-115(76-109)100-49-25-43-94(67-100)97-46-28-52-103(70-97)127-64-61-106(85-130-127)121-55-19-22-58-124(121)118-82-119(125-59-23-20-56-122(125)107-62-65-128(131-86-107)104-53-29-47-98(71-104)95-44-26-50-101(68-95)116-78-111(90-35-11-3-12-36-90)74-112(79-116)91-37-13-4-14-38-91)84-120(83-118)126-60-24-21-57-123(126)108-63-66-129(132-87-108)105-54-30-48-99(72-105)96-45-27-51-102(69-96)117-80-113(92-39-15-5-16-40-92)75-114(81-117)93-41-17-6-18-42-93/h1-81,85-87,118-120H,82-84H2. The van der Waals surface area contributed by atoms with Gasteiger partial charge in [-0.2, -0.15) is 0 Å². The van der Waals surface area contributed by atoms with Crippen LogP contribution in [0.4, 0.5) is 0 Å². The second-order valence-electron chi connectivity index (χ2n) is 34.9. The molecule has 18 aromatic carbocycles. The smallest absolute Gasteiger partial charge is 0.0702 e. The fraction of sp³-hybridized carbons (Fsp3) is 0.0465. The molecule has 3 heteroatoms. The number of aromatic nitrogens is 3. The number of benzene rings is 18. The van der Waals surface area contributed by atoms with Gasteiger partial charge in [0.2, 0.25) is 0 Å². The molecule has 3 aromatic heterocycles. The molecule has 3 nitrogen and oxygen atoms in total. The maximum absolute atomic E-state index is 5.35. The van der Waals surface area contributed by atoms with Crippen LogP contribution in [-0.4, -0.2) is 15.0 Å². The second-order valence-corrected chi connectivity index (χ2v) is 34.9. The van der Waals surface area contributed by atoms with Crippen molar-refractivity contribution in [3.63, 3.8) is 0 Å². The first-order valence-electron chi connectivity index (χ1n) is 45.9. The van der Waals surface area contributed by atoms with Crippen LogP contribution in [0.15, 0.2) is 510 Å². The molecular formula is C129H93N3. The van der Waals surface area contributed by atoms with Crippen molar-refractivity contribution in [1.29, 1.82) is 0 Å². The van der Waals surface area contributed by atoms with E-state index < -0.39 is 0 Å². The maximum Gasteiger partial charge on any atom is 0.0702 e. The van der Waals surface area contributed by atoms with Gasteiger partial charge in [0.05, 0.1) is 17.1 Å². The van der Waals surface area contributed by atoms with Gasteiger partial charge in [0.25, 0.3) is 0 Å². The van der Waals surface area contributed by atoms with E-state index >= 15 is 0 Å². The van der Waals surface area contributed by atoms with E-state index in [9.17, 15) is 0 Å². The molecule has 1 aliphatic carbocycles. The van der Waals surface area contributed by atoms with E-state index in [0.29, 0.717) is 0 Å². The molecule has 22 rings (SSSR count). The average Bonchev–Trinajstić information content (AvgIpc) is 0.762. The zero-order valence-electron chi connectivity index (χ0n) is 73.2. The first-order chi connectivity index (χ1) is 65.3. The zero-order valence-corrected chi connectivity index (χ0v) is 73.2. The van der Waals surface area contributed by atoms with E-state index in [1.165, 1.54) is 134 Å². The lowest BCUT2D eigenvalue weighted by molar-refractivity contribution is 0.353. The van der Waals surface area contributed by atoms with E-state index in [2.05, 4.69) is 510 Å². The molecule has 0 atom stereocenters. The molecule has 0 spiro atoms. The van der Waals surface area contributed by atoms with Gasteiger partial charge in [0.1, 0.15) is 0 Å². The Morgan fingerprint density at radius 2 is 0.280 bits per heavy atom. The van der Waals surface area contributed by atoms with E-state index in [-0.39, 0.29) is 17.8 Å². The van der Waals surface area contributed by atoms with Gasteiger partial charge in [-0.15, -0.1) is 0 Å². The van der Waals surface area contributed by atoms with Gasteiger partial charge < -0.3 is 0 Å². The monoisotopic (exact) mass is 1680 g/mol. The van der Waals surface area contributed by atoms with Crippen LogP contribution in [0.3, 0.4) is 0 Å². The highest BCUT2D eigenvalue weighted by Gasteiger charge is 2.35. The van der Waals surface area contributed by atoms with Gasteiger partial charge in [-0.1, -0.05) is 382 Å². The second kappa shape index (κ2) is 37.0. The van der Waals surface area contributed by atoms with Crippen molar-refractivity contribution in [2.24, 2.45) is 0 Å². The summed E-state index contributed by atoms with van der Waals surface area (Å²) in [5.41, 5.74) is 45.1. The predicted molar refractivity (Wildman–Crippen MR) is 553 cm³/mol. The fourth-order valence-electron chi connectivity index (χ4n) is 20.0. The number of hydrogen-bond acceptors (Lipinski definition) is 3. The van der Waals surface area contributed by atoms with E-state index in [0.717, 1.165) is 103 Å². The largest absolute Gasteiger partial charge is 0.256 e. The van der Waals surface area contributed by atoms with Crippen LogP contribution < -0.4 is 0 Å². The van der Waals surface area contributed by atoms with Crippen molar-refractivity contribution in [1.82, 2.24) is 15.0 Å². The first-order valence-corrected chi connectivity index (χ1v) is 45.9. The number of hydrogen-bond donors (Lipinski definition) is 0. The molecule has 0 unspecified atom stereocenters. The topological polar surface area (TPSA) is 38.7 Å². The summed E-state index contributed by atoms with van der Waals surface area (Å²) in [5, 5.41) is 0. The maximum atomic E-state index is 5.35. The minimum absolute atomic E-state index is 0.184. The molecule has 0 bridgehead atoms. The normalized spacial score (nSPS) is 13.6. The van der Waals surface area contributed by atoms with Crippen LogP contribution in [0.2, 0.25) is 0 Å². The number of nitrogens with zero attached hydrogens (tertiary/aromatic N) is 3. The van der Waals surface area contributed by atoms with E-state index in [4.69, 9.17) is 15.0 Å². The summed E-state index contributed by atoms with van der Waals surface area (Å²) >= 11 is 0. The molecular weight excluding hydrogens is 1590 g/mol. The summed E-state index contributed by atoms with van der Waals surface area (Å²) in [7, 11) is 0. The molecule has 3 heterocycles. The predicted octanol–water partition coefficient (Wildman–Crippen LogP) is 34.7. The Labute approximate surface area is 773 Å². The van der Waals surface area contributed by atoms with Crippen molar-refractivity contribution in [2.45, 2.75) is 37.0 Å². The third-order valence-electron chi connectivity index (χ3n) is 26.6. The lowest BCUT2D eigenvalue weighted by atomic mass is 9.66. The third kappa shape index (κ3) is 17.5. The van der Waals surface area contributed by atoms with Crippen LogP contribution in [0.1, 0.15) is 53.7 Å². The Kier molecular flexibility index (Phi) is 22.8. The Morgan fingerprint density at radius 3 is 0.485 bits per heavy atom. The molecule has 0 amide bonds. The molecule has 132 heavy (non-hydrogen) atoms. The summed E-state index contributed by atoms with van der Waals surface area (Å²) < 4.78 is 0. The highest BCUT2D eigenvalue weighted by Crippen LogP contribution is 2.53. The Balaban J connectivity index is 0.571. The van der Waals surface area contributed by atoms with Crippen LogP contribution in [0.25, 0.3) is 201 Å². The summed E-state index contributed by atoms with van der Waals surface area (Å²) in [4.78, 5) is 16.0. The van der Waals surface area contributed by atoms with Crippen LogP contribution >= 0.6 is 0 Å². The van der Waals surface area contributed by atoms with Crippen LogP contribution in [-0.2, 0) is 0 Å². The van der Waals surface area contributed by atoms with E-state index in [1.54, 1.807) is 0 Å². The van der Waals surface area contributed by atoms with Gasteiger partial charge in [0, 0.05) is 52.0 Å². The van der Waals surface area contributed by atoms with Gasteiger partial charge >= 0.3 is 0 Å². The quantitative estimate of drug-likeness (QED) is 0.0720. The lowest BCUT2D eigenvalue weighted by Crippen LogP contribution is -2.21. The summed E-state index contributed by atoms with van der Waals surface area (Å²) in [6.45, 7) is 0. The number of rotatable bonds is 21. The minimum Gasteiger partial charge on any atom is -0.256 e. The molecule has 0 N–H and O–H groups in total.